The second kappa shape index (κ2) is 8.05. The molecule has 4 heterocycles. The van der Waals surface area contributed by atoms with Crippen LogP contribution < -0.4 is 0 Å². The van der Waals surface area contributed by atoms with Gasteiger partial charge in [0.05, 0.1) is 12.3 Å². The van der Waals surface area contributed by atoms with Crippen molar-refractivity contribution in [2.24, 2.45) is 5.41 Å². The van der Waals surface area contributed by atoms with Crippen molar-refractivity contribution in [1.82, 2.24) is 20.0 Å². The van der Waals surface area contributed by atoms with E-state index < -0.39 is 0 Å². The Hall–Kier alpha value is -2.19. The molecular weight excluding hydrogens is 376 g/mol. The van der Waals surface area contributed by atoms with Crippen LogP contribution in [-0.2, 0) is 9.53 Å². The maximum atomic E-state index is 13.1. The van der Waals surface area contributed by atoms with Gasteiger partial charge in [0, 0.05) is 56.1 Å². The van der Waals surface area contributed by atoms with E-state index in [1.807, 2.05) is 32.7 Å². The first kappa shape index (κ1) is 19.1. The number of likely N-dealkylation sites (tertiary alicyclic amines) is 2. The van der Waals surface area contributed by atoms with Crippen molar-refractivity contribution in [1.29, 1.82) is 0 Å². The summed E-state index contributed by atoms with van der Waals surface area (Å²) in [5.74, 6) is 0.188. The van der Waals surface area contributed by atoms with E-state index in [0.717, 1.165) is 37.1 Å². The van der Waals surface area contributed by atoms with E-state index in [2.05, 4.69) is 10.2 Å². The zero-order valence-corrected chi connectivity index (χ0v) is 17.0. The molecule has 2 saturated heterocycles. The van der Waals surface area contributed by atoms with E-state index in [-0.39, 0.29) is 17.2 Å². The average Bonchev–Trinajstić information content (AvgIpc) is 3.40. The first-order valence-electron chi connectivity index (χ1n) is 9.74. The number of nitrogens with one attached hydrogen (secondary N) is 1. The molecule has 1 spiro atoms. The van der Waals surface area contributed by atoms with Crippen LogP contribution in [0.4, 0.5) is 0 Å². The maximum absolute atomic E-state index is 13.1. The molecule has 2 aromatic heterocycles. The smallest absolute Gasteiger partial charge is 0.271 e. The molecule has 2 aromatic rings. The Morgan fingerprint density at radius 3 is 3.07 bits per heavy atom. The standard InChI is InChI=1S/C20H26N4O3S/c1-27-9-8-23-13-20(6-3-18(23)25)5-2-7-24(14-20)19(26)17-11-16(21-22-17)15-4-10-28-12-15/h4,10-12H,2-3,5-9,13-14H2,1H3,(H,21,22). The summed E-state index contributed by atoms with van der Waals surface area (Å²) in [5, 5.41) is 11.2. The number of thiophene rings is 1. The first-order chi connectivity index (χ1) is 13.6. The van der Waals surface area contributed by atoms with Crippen molar-refractivity contribution in [3.05, 3.63) is 28.6 Å². The molecule has 28 heavy (non-hydrogen) atoms. The number of H-pyrrole nitrogens is 1. The van der Waals surface area contributed by atoms with E-state index in [1.165, 1.54) is 0 Å². The third-order valence-electron chi connectivity index (χ3n) is 5.89. The molecule has 0 radical (unpaired) electrons. The number of amides is 2. The zero-order chi connectivity index (χ0) is 19.6. The SMILES string of the molecule is COCCN1CC2(CCCN(C(=O)c3cc(-c4ccsc4)n[nH]3)C2)CCC1=O. The van der Waals surface area contributed by atoms with Crippen molar-refractivity contribution in [3.63, 3.8) is 0 Å². The lowest BCUT2D eigenvalue weighted by Crippen LogP contribution is -2.55. The van der Waals surface area contributed by atoms with Crippen LogP contribution in [0.3, 0.4) is 0 Å². The Balaban J connectivity index is 1.46. The van der Waals surface area contributed by atoms with Gasteiger partial charge >= 0.3 is 0 Å². The number of carbonyl (C=O) groups is 2. The molecule has 4 rings (SSSR count). The van der Waals surface area contributed by atoms with E-state index in [9.17, 15) is 9.59 Å². The third-order valence-corrected chi connectivity index (χ3v) is 6.57. The maximum Gasteiger partial charge on any atom is 0.271 e. The summed E-state index contributed by atoms with van der Waals surface area (Å²) in [6.45, 7) is 3.32. The normalized spacial score (nSPS) is 22.8. The summed E-state index contributed by atoms with van der Waals surface area (Å²) in [6, 6.07) is 3.83. The molecule has 1 N–H and O–H groups in total. The molecule has 1 unspecified atom stereocenters. The number of nitrogens with zero attached hydrogens (tertiary/aromatic N) is 3. The van der Waals surface area contributed by atoms with Gasteiger partial charge in [-0.1, -0.05) is 0 Å². The van der Waals surface area contributed by atoms with Gasteiger partial charge in [0.2, 0.25) is 5.91 Å². The van der Waals surface area contributed by atoms with Gasteiger partial charge in [0.15, 0.2) is 0 Å². The summed E-state index contributed by atoms with van der Waals surface area (Å²) in [5.41, 5.74) is 2.34. The molecule has 0 bridgehead atoms. The fourth-order valence-electron chi connectivity index (χ4n) is 4.38. The molecule has 0 saturated carbocycles. The molecule has 2 amide bonds. The van der Waals surface area contributed by atoms with Gasteiger partial charge in [-0.3, -0.25) is 14.7 Å². The van der Waals surface area contributed by atoms with Crippen LogP contribution in [-0.4, -0.2) is 71.7 Å². The highest BCUT2D eigenvalue weighted by Crippen LogP contribution is 2.39. The molecule has 0 aliphatic carbocycles. The number of hydrogen-bond donors (Lipinski definition) is 1. The fraction of sp³-hybridized carbons (Fsp3) is 0.550. The molecular formula is C20H26N4O3S. The Bertz CT molecular complexity index is 834. The van der Waals surface area contributed by atoms with Crippen molar-refractivity contribution >= 4 is 23.2 Å². The molecule has 7 nitrogen and oxygen atoms in total. The largest absolute Gasteiger partial charge is 0.383 e. The van der Waals surface area contributed by atoms with Crippen LogP contribution in [0.5, 0.6) is 0 Å². The van der Waals surface area contributed by atoms with E-state index in [4.69, 9.17) is 4.74 Å². The van der Waals surface area contributed by atoms with Crippen LogP contribution in [0.25, 0.3) is 11.3 Å². The molecule has 0 aromatic carbocycles. The summed E-state index contributed by atoms with van der Waals surface area (Å²) >= 11 is 1.61. The number of aromatic amines is 1. The summed E-state index contributed by atoms with van der Waals surface area (Å²) in [7, 11) is 1.65. The summed E-state index contributed by atoms with van der Waals surface area (Å²) in [6.07, 6.45) is 3.42. The second-order valence-electron chi connectivity index (χ2n) is 7.82. The molecule has 2 fully saturated rings. The predicted octanol–water partition coefficient (Wildman–Crippen LogP) is 2.63. The van der Waals surface area contributed by atoms with Crippen molar-refractivity contribution < 1.29 is 14.3 Å². The fourth-order valence-corrected chi connectivity index (χ4v) is 5.03. The van der Waals surface area contributed by atoms with Crippen LogP contribution in [0.15, 0.2) is 22.9 Å². The van der Waals surface area contributed by atoms with Crippen molar-refractivity contribution in [2.45, 2.75) is 25.7 Å². The van der Waals surface area contributed by atoms with E-state index in [0.29, 0.717) is 38.4 Å². The molecule has 2 aliphatic heterocycles. The minimum absolute atomic E-state index is 0.00611. The highest BCUT2D eigenvalue weighted by atomic mass is 32.1. The Labute approximate surface area is 168 Å². The Morgan fingerprint density at radius 1 is 1.39 bits per heavy atom. The highest BCUT2D eigenvalue weighted by molar-refractivity contribution is 7.08. The number of carbonyl (C=O) groups excluding carboxylic acids is 2. The molecule has 1 atom stereocenters. The minimum Gasteiger partial charge on any atom is -0.383 e. The van der Waals surface area contributed by atoms with Crippen LogP contribution in [0.1, 0.15) is 36.2 Å². The van der Waals surface area contributed by atoms with Crippen LogP contribution >= 0.6 is 11.3 Å². The average molecular weight is 403 g/mol. The molecule has 2 aliphatic rings. The van der Waals surface area contributed by atoms with Gasteiger partial charge < -0.3 is 14.5 Å². The zero-order valence-electron chi connectivity index (χ0n) is 16.1. The van der Waals surface area contributed by atoms with Gasteiger partial charge in [-0.2, -0.15) is 16.4 Å². The van der Waals surface area contributed by atoms with Gasteiger partial charge in [-0.25, -0.2) is 0 Å². The quantitative estimate of drug-likeness (QED) is 0.834. The lowest BCUT2D eigenvalue weighted by atomic mass is 9.73. The number of aromatic nitrogens is 2. The minimum atomic E-state index is -0.00816. The van der Waals surface area contributed by atoms with Gasteiger partial charge in [-0.05, 0) is 36.8 Å². The number of methoxy groups -OCH3 is 1. The van der Waals surface area contributed by atoms with Crippen molar-refractivity contribution in [3.8, 4) is 11.3 Å². The lowest BCUT2D eigenvalue weighted by Gasteiger charge is -2.48. The molecule has 8 heteroatoms. The van der Waals surface area contributed by atoms with Crippen molar-refractivity contribution in [2.75, 3.05) is 39.9 Å². The van der Waals surface area contributed by atoms with E-state index >= 15 is 0 Å². The van der Waals surface area contributed by atoms with Crippen LogP contribution in [0, 0.1) is 5.41 Å². The summed E-state index contributed by atoms with van der Waals surface area (Å²) in [4.78, 5) is 29.2. The van der Waals surface area contributed by atoms with Gasteiger partial charge in [0.1, 0.15) is 5.69 Å². The van der Waals surface area contributed by atoms with E-state index in [1.54, 1.807) is 18.4 Å². The Kier molecular flexibility index (Phi) is 5.50. The number of piperidine rings is 2. The first-order valence-corrected chi connectivity index (χ1v) is 10.7. The summed E-state index contributed by atoms with van der Waals surface area (Å²) < 4.78 is 5.15. The third kappa shape index (κ3) is 3.84. The number of hydrogen-bond acceptors (Lipinski definition) is 5. The second-order valence-corrected chi connectivity index (χ2v) is 8.60. The monoisotopic (exact) mass is 402 g/mol. The highest BCUT2D eigenvalue weighted by Gasteiger charge is 2.42. The number of rotatable bonds is 5. The van der Waals surface area contributed by atoms with Gasteiger partial charge in [-0.15, -0.1) is 0 Å². The predicted molar refractivity (Wildman–Crippen MR) is 107 cm³/mol. The Morgan fingerprint density at radius 2 is 2.29 bits per heavy atom. The number of ether oxygens (including phenoxy) is 1. The lowest BCUT2D eigenvalue weighted by molar-refractivity contribution is -0.139. The van der Waals surface area contributed by atoms with Gasteiger partial charge in [0.25, 0.3) is 5.91 Å². The molecule has 150 valence electrons. The van der Waals surface area contributed by atoms with Crippen LogP contribution in [0.2, 0.25) is 0 Å². The topological polar surface area (TPSA) is 78.5 Å².